The van der Waals surface area contributed by atoms with Gasteiger partial charge in [0.2, 0.25) is 0 Å². The van der Waals surface area contributed by atoms with E-state index in [0.717, 1.165) is 6.42 Å². The van der Waals surface area contributed by atoms with Crippen LogP contribution >= 0.6 is 22.6 Å². The third-order valence-electron chi connectivity index (χ3n) is 3.51. The van der Waals surface area contributed by atoms with Crippen LogP contribution in [-0.4, -0.2) is 0 Å². The first kappa shape index (κ1) is 8.99. The molecule has 1 aromatic carbocycles. The highest BCUT2D eigenvalue weighted by Crippen LogP contribution is 2.28. The molecule has 0 unspecified atom stereocenters. The molecule has 0 N–H and O–H groups in total. The van der Waals surface area contributed by atoms with Crippen LogP contribution in [0.2, 0.25) is 0 Å². The second kappa shape index (κ2) is 2.98. The minimum absolute atomic E-state index is 1.11. The van der Waals surface area contributed by atoms with E-state index >= 15 is 0 Å². The maximum Gasteiger partial charge on any atom is 0.00450 e. The summed E-state index contributed by atoms with van der Waals surface area (Å²) in [5, 5.41) is 2.86. The molecule has 1 aromatic rings. The van der Waals surface area contributed by atoms with E-state index in [9.17, 15) is 0 Å². The van der Waals surface area contributed by atoms with Crippen molar-refractivity contribution in [2.75, 3.05) is 0 Å². The molecule has 1 heteroatoms. The molecule has 0 aliphatic heterocycles. The van der Waals surface area contributed by atoms with Crippen molar-refractivity contribution in [3.8, 4) is 0 Å². The molecule has 4 rings (SSSR count). The average Bonchev–Trinajstić information content (AvgIpc) is 2.91. The molecule has 0 heterocycles. The predicted octanol–water partition coefficient (Wildman–Crippen LogP) is 2.63. The minimum atomic E-state index is 1.11. The smallest absolute Gasteiger partial charge is 0.00450 e. The first-order chi connectivity index (χ1) is 7.84. The largest absolute Gasteiger partial charge is 0.0610 e. The van der Waals surface area contributed by atoms with Crippen molar-refractivity contribution in [3.05, 3.63) is 48.4 Å². The molecule has 0 radical (unpaired) electrons. The van der Waals surface area contributed by atoms with E-state index in [1.54, 1.807) is 0 Å². The summed E-state index contributed by atoms with van der Waals surface area (Å²) in [6.07, 6.45) is 16.7. The van der Waals surface area contributed by atoms with Gasteiger partial charge in [0.05, 0.1) is 0 Å². The molecule has 16 heavy (non-hydrogen) atoms. The van der Waals surface area contributed by atoms with Gasteiger partial charge in [0, 0.05) is 6.42 Å². The molecule has 0 saturated carbocycles. The van der Waals surface area contributed by atoms with Gasteiger partial charge in [0.1, 0.15) is 0 Å². The molecule has 0 fully saturated rings. The van der Waals surface area contributed by atoms with Crippen molar-refractivity contribution >= 4 is 53.0 Å². The van der Waals surface area contributed by atoms with Gasteiger partial charge in [-0.1, -0.05) is 36.5 Å². The van der Waals surface area contributed by atoms with Gasteiger partial charge >= 0.3 is 0 Å². The highest BCUT2D eigenvalue weighted by Gasteiger charge is 2.20. The maximum atomic E-state index is 2.45. The van der Waals surface area contributed by atoms with E-state index in [-0.39, 0.29) is 0 Å². The third kappa shape index (κ3) is 0.995. The van der Waals surface area contributed by atoms with Crippen molar-refractivity contribution in [2.24, 2.45) is 0 Å². The van der Waals surface area contributed by atoms with Crippen molar-refractivity contribution in [1.29, 1.82) is 0 Å². The molecule has 3 aliphatic carbocycles. The summed E-state index contributed by atoms with van der Waals surface area (Å²) in [4.78, 5) is 0. The Balaban J connectivity index is 2.26. The summed E-state index contributed by atoms with van der Waals surface area (Å²) < 4.78 is 1.45. The number of benzene rings is 1. The number of hydrogen-bond donors (Lipinski definition) is 0. The average molecular weight is 316 g/mol. The van der Waals surface area contributed by atoms with Crippen molar-refractivity contribution in [3.63, 3.8) is 0 Å². The van der Waals surface area contributed by atoms with Crippen LogP contribution in [0.1, 0.15) is 22.3 Å². The van der Waals surface area contributed by atoms with E-state index in [2.05, 4.69) is 65.1 Å². The number of allylic oxidation sites excluding steroid dienone is 3. The Kier molecular flexibility index (Phi) is 1.67. The Morgan fingerprint density at radius 3 is 2.38 bits per heavy atom. The second-order valence-corrected chi connectivity index (χ2v) is 5.75. The lowest BCUT2D eigenvalue weighted by Gasteiger charge is -2.07. The van der Waals surface area contributed by atoms with Gasteiger partial charge in [0.25, 0.3) is 0 Å². The lowest BCUT2D eigenvalue weighted by atomic mass is 9.96. The van der Waals surface area contributed by atoms with Gasteiger partial charge in [-0.05, 0) is 64.9 Å². The van der Waals surface area contributed by atoms with Crippen LogP contribution in [0.25, 0.3) is 30.4 Å². The van der Waals surface area contributed by atoms with Gasteiger partial charge in [0.15, 0.2) is 0 Å². The Labute approximate surface area is 108 Å². The van der Waals surface area contributed by atoms with Gasteiger partial charge < -0.3 is 0 Å². The number of halogens is 1. The van der Waals surface area contributed by atoms with Gasteiger partial charge in [-0.2, -0.15) is 0 Å². The third-order valence-corrected chi connectivity index (χ3v) is 4.20. The van der Waals surface area contributed by atoms with Crippen LogP contribution in [0.4, 0.5) is 0 Å². The number of rotatable bonds is 0. The van der Waals surface area contributed by atoms with Crippen molar-refractivity contribution in [1.82, 2.24) is 0 Å². The highest BCUT2D eigenvalue weighted by atomic mass is 127. The monoisotopic (exact) mass is 316 g/mol. The molecule has 0 saturated heterocycles. The van der Waals surface area contributed by atoms with Crippen LogP contribution in [-0.2, 0) is 6.42 Å². The molecular weight excluding hydrogens is 307 g/mol. The number of fused-ring (bicyclic) bond motifs is 6. The Morgan fingerprint density at radius 1 is 0.875 bits per heavy atom. The minimum Gasteiger partial charge on any atom is -0.0610 e. The van der Waals surface area contributed by atoms with Crippen LogP contribution in [0.15, 0.2) is 15.7 Å². The van der Waals surface area contributed by atoms with Crippen LogP contribution in [0, 0.1) is 0 Å². The first-order valence-corrected chi connectivity index (χ1v) is 6.54. The van der Waals surface area contributed by atoms with Crippen LogP contribution in [0.3, 0.4) is 0 Å². The fourth-order valence-electron chi connectivity index (χ4n) is 2.85. The SMILES string of the molecule is IC1=Cc2c(c3c(c4c2=CC=C4)C=CC=3)C1. The van der Waals surface area contributed by atoms with E-state index in [4.69, 9.17) is 0 Å². The van der Waals surface area contributed by atoms with E-state index < -0.39 is 0 Å². The fraction of sp³-hybridized carbons (Fsp3) is 0.0667. The van der Waals surface area contributed by atoms with Crippen LogP contribution < -0.4 is 10.4 Å². The van der Waals surface area contributed by atoms with E-state index in [0.29, 0.717) is 0 Å². The predicted molar refractivity (Wildman–Crippen MR) is 78.4 cm³/mol. The fourth-order valence-corrected chi connectivity index (χ4v) is 3.54. The highest BCUT2D eigenvalue weighted by molar-refractivity contribution is 14.1. The Morgan fingerprint density at radius 2 is 1.56 bits per heavy atom. The molecule has 0 aromatic heterocycles. The van der Waals surface area contributed by atoms with Gasteiger partial charge in [-0.15, -0.1) is 0 Å². The van der Waals surface area contributed by atoms with E-state index in [1.807, 2.05) is 0 Å². The molecule has 0 nitrogen and oxygen atoms in total. The molecule has 0 amide bonds. The van der Waals surface area contributed by atoms with Crippen molar-refractivity contribution < 1.29 is 0 Å². The zero-order valence-corrected chi connectivity index (χ0v) is 10.8. The zero-order chi connectivity index (χ0) is 10.7. The molecule has 0 bridgehead atoms. The standard InChI is InChI=1S/C15H9I/c16-9-7-14-12-5-1-3-10(12)11-4-2-6-13(11)15(14)8-9/h1-7H,8H2. The summed E-state index contributed by atoms with van der Waals surface area (Å²) in [7, 11) is 0. The zero-order valence-electron chi connectivity index (χ0n) is 8.63. The van der Waals surface area contributed by atoms with Gasteiger partial charge in [-0.3, -0.25) is 0 Å². The molecular formula is C15H9I. The Hall–Kier alpha value is -1.09. The molecule has 3 aliphatic rings. The lowest BCUT2D eigenvalue weighted by molar-refractivity contribution is 1.25. The summed E-state index contributed by atoms with van der Waals surface area (Å²) in [6, 6.07) is 0. The van der Waals surface area contributed by atoms with E-state index in [1.165, 1.54) is 36.3 Å². The summed E-state index contributed by atoms with van der Waals surface area (Å²) in [5.41, 5.74) is 5.78. The van der Waals surface area contributed by atoms with Crippen molar-refractivity contribution in [2.45, 2.75) is 6.42 Å². The molecule has 0 spiro atoms. The quantitative estimate of drug-likeness (QED) is 0.646. The lowest BCUT2D eigenvalue weighted by Crippen LogP contribution is -2.22. The molecule has 76 valence electrons. The first-order valence-electron chi connectivity index (χ1n) is 5.46. The molecule has 0 atom stereocenters. The Bertz CT molecular complexity index is 728. The maximum absolute atomic E-state index is 2.45. The number of hydrogen-bond acceptors (Lipinski definition) is 0. The normalized spacial score (nSPS) is 17.7. The topological polar surface area (TPSA) is 0 Å². The summed E-state index contributed by atoms with van der Waals surface area (Å²) in [5.74, 6) is 0. The second-order valence-electron chi connectivity index (χ2n) is 4.37. The van der Waals surface area contributed by atoms with Gasteiger partial charge in [-0.25, -0.2) is 0 Å². The summed E-state index contributed by atoms with van der Waals surface area (Å²) >= 11 is 2.45. The summed E-state index contributed by atoms with van der Waals surface area (Å²) in [6.45, 7) is 0. The van der Waals surface area contributed by atoms with Crippen LogP contribution in [0.5, 0.6) is 0 Å².